The third-order valence-electron chi connectivity index (χ3n) is 4.80. The van der Waals surface area contributed by atoms with Crippen LogP contribution >= 0.6 is 11.3 Å². The monoisotopic (exact) mass is 436 g/mol. The molecule has 0 atom stereocenters. The topological polar surface area (TPSA) is 92.8 Å². The Balaban J connectivity index is 1.88. The second-order valence-electron chi connectivity index (χ2n) is 6.85. The van der Waals surface area contributed by atoms with E-state index in [1.54, 1.807) is 12.1 Å². The van der Waals surface area contributed by atoms with Gasteiger partial charge in [-0.15, -0.1) is 11.3 Å². The first kappa shape index (κ1) is 21.5. The molecule has 29 heavy (non-hydrogen) atoms. The molecular formula is C20H24N2O5S2. The van der Waals surface area contributed by atoms with Crippen LogP contribution in [-0.4, -0.2) is 44.6 Å². The highest BCUT2D eigenvalue weighted by Gasteiger charge is 2.26. The molecule has 2 aromatic rings. The third-order valence-corrected chi connectivity index (χ3v) is 7.88. The van der Waals surface area contributed by atoms with Crippen molar-refractivity contribution in [3.63, 3.8) is 0 Å². The molecular weight excluding hydrogens is 412 g/mol. The van der Waals surface area contributed by atoms with Crippen LogP contribution in [-0.2, 0) is 10.0 Å². The predicted molar refractivity (Wildman–Crippen MR) is 112 cm³/mol. The first-order chi connectivity index (χ1) is 13.8. The van der Waals surface area contributed by atoms with Gasteiger partial charge in [0.2, 0.25) is 10.0 Å². The lowest BCUT2D eigenvalue weighted by Gasteiger charge is -2.21. The minimum Gasteiger partial charge on any atom is -0.495 e. The average molecular weight is 437 g/mol. The molecule has 0 saturated carbocycles. The molecule has 1 amide bonds. The summed E-state index contributed by atoms with van der Waals surface area (Å²) < 4.78 is 32.9. The van der Waals surface area contributed by atoms with Crippen LogP contribution in [0.2, 0.25) is 0 Å². The molecule has 1 fully saturated rings. The van der Waals surface area contributed by atoms with Gasteiger partial charge in [0.15, 0.2) is 5.78 Å². The fourth-order valence-electron chi connectivity index (χ4n) is 3.21. The van der Waals surface area contributed by atoms with E-state index in [-0.39, 0.29) is 16.4 Å². The largest absolute Gasteiger partial charge is 0.495 e. The molecule has 3 rings (SSSR count). The number of carbonyl (C=O) groups excluding carboxylic acids is 2. The maximum atomic E-state index is 13.1. The number of amides is 1. The number of thiophene rings is 1. The van der Waals surface area contributed by atoms with Gasteiger partial charge >= 0.3 is 0 Å². The van der Waals surface area contributed by atoms with Gasteiger partial charge < -0.3 is 10.1 Å². The van der Waals surface area contributed by atoms with Gasteiger partial charge in [-0.05, 0) is 50.1 Å². The first-order valence-corrected chi connectivity index (χ1v) is 11.7. The van der Waals surface area contributed by atoms with Crippen LogP contribution in [0.3, 0.4) is 0 Å². The molecule has 0 unspecified atom stereocenters. The van der Waals surface area contributed by atoms with Crippen molar-refractivity contribution in [3.8, 4) is 5.75 Å². The number of carbonyl (C=O) groups is 2. The molecule has 156 valence electrons. The van der Waals surface area contributed by atoms with Gasteiger partial charge in [-0.3, -0.25) is 9.59 Å². The number of Topliss-reactive ketones (excluding diaryl/α,β-unsaturated/α-hetero) is 1. The van der Waals surface area contributed by atoms with E-state index >= 15 is 0 Å². The van der Waals surface area contributed by atoms with Crippen LogP contribution in [0.15, 0.2) is 35.2 Å². The van der Waals surface area contributed by atoms with Crippen LogP contribution in [0.1, 0.15) is 52.0 Å². The number of sulfonamides is 1. The molecule has 2 heterocycles. The van der Waals surface area contributed by atoms with E-state index in [1.165, 1.54) is 36.5 Å². The summed E-state index contributed by atoms with van der Waals surface area (Å²) in [6.07, 6.45) is 3.74. The zero-order valence-electron chi connectivity index (χ0n) is 16.4. The van der Waals surface area contributed by atoms with Crippen molar-refractivity contribution in [1.82, 2.24) is 4.31 Å². The standard InChI is InChI=1S/C20H24N2O5S2/c1-14(23)18-9-10-19(28-18)20(24)21-16-13-15(7-8-17(16)27-2)29(25,26)22-11-5-3-4-6-12-22/h7-10,13H,3-6,11-12H2,1-2H3,(H,21,24). The Bertz CT molecular complexity index is 1010. The number of hydrogen-bond acceptors (Lipinski definition) is 6. The molecule has 1 aromatic heterocycles. The van der Waals surface area contributed by atoms with Crippen molar-refractivity contribution in [3.05, 3.63) is 40.1 Å². The summed E-state index contributed by atoms with van der Waals surface area (Å²) in [5.74, 6) is -0.182. The number of anilines is 1. The van der Waals surface area contributed by atoms with Crippen LogP contribution in [0.25, 0.3) is 0 Å². The Labute approximate surface area is 174 Å². The van der Waals surface area contributed by atoms with Crippen molar-refractivity contribution in [2.24, 2.45) is 0 Å². The van der Waals surface area contributed by atoms with Gasteiger partial charge in [0.1, 0.15) is 5.75 Å². The second-order valence-corrected chi connectivity index (χ2v) is 9.88. The maximum absolute atomic E-state index is 13.1. The number of hydrogen-bond donors (Lipinski definition) is 1. The Hall–Kier alpha value is -2.23. The van der Waals surface area contributed by atoms with Gasteiger partial charge in [-0.2, -0.15) is 4.31 Å². The zero-order valence-corrected chi connectivity index (χ0v) is 18.1. The third kappa shape index (κ3) is 4.85. The quantitative estimate of drug-likeness (QED) is 0.696. The average Bonchev–Trinajstić information content (AvgIpc) is 3.03. The van der Waals surface area contributed by atoms with Crippen LogP contribution in [0, 0.1) is 0 Å². The molecule has 0 aliphatic carbocycles. The van der Waals surface area contributed by atoms with Crippen LogP contribution < -0.4 is 10.1 Å². The summed E-state index contributed by atoms with van der Waals surface area (Å²) in [6, 6.07) is 7.63. The number of ether oxygens (including phenoxy) is 1. The lowest BCUT2D eigenvalue weighted by molar-refractivity contribution is 0.101. The van der Waals surface area contributed by atoms with E-state index in [9.17, 15) is 18.0 Å². The molecule has 7 nitrogen and oxygen atoms in total. The predicted octanol–water partition coefficient (Wildman–Crippen LogP) is 3.78. The highest BCUT2D eigenvalue weighted by Crippen LogP contribution is 2.30. The van der Waals surface area contributed by atoms with E-state index in [0.717, 1.165) is 37.0 Å². The molecule has 9 heteroatoms. The number of benzene rings is 1. The molecule has 0 bridgehead atoms. The van der Waals surface area contributed by atoms with Crippen LogP contribution in [0.4, 0.5) is 5.69 Å². The molecule has 1 N–H and O–H groups in total. The highest BCUT2D eigenvalue weighted by atomic mass is 32.2. The van der Waals surface area contributed by atoms with Gasteiger partial charge in [0, 0.05) is 13.1 Å². The molecule has 1 aromatic carbocycles. The van der Waals surface area contributed by atoms with Gasteiger partial charge in [0.05, 0.1) is 27.4 Å². The fourth-order valence-corrected chi connectivity index (χ4v) is 5.55. The number of nitrogens with zero attached hydrogens (tertiary/aromatic N) is 1. The number of ketones is 1. The van der Waals surface area contributed by atoms with Gasteiger partial charge in [0.25, 0.3) is 5.91 Å². The second kappa shape index (κ2) is 9.06. The number of methoxy groups -OCH3 is 1. The first-order valence-electron chi connectivity index (χ1n) is 9.43. The summed E-state index contributed by atoms with van der Waals surface area (Å²) in [5.41, 5.74) is 0.270. The lowest BCUT2D eigenvalue weighted by atomic mass is 10.2. The number of nitrogens with one attached hydrogen (secondary N) is 1. The highest BCUT2D eigenvalue weighted by molar-refractivity contribution is 7.89. The summed E-state index contributed by atoms with van der Waals surface area (Å²) in [6.45, 7) is 2.44. The molecule has 0 radical (unpaired) electrons. The molecule has 0 spiro atoms. The molecule has 1 saturated heterocycles. The smallest absolute Gasteiger partial charge is 0.265 e. The SMILES string of the molecule is COc1ccc(S(=O)(=O)N2CCCCCC2)cc1NC(=O)c1ccc(C(C)=O)s1. The minimum atomic E-state index is -3.66. The van der Waals surface area contributed by atoms with Gasteiger partial charge in [-0.25, -0.2) is 8.42 Å². The van der Waals surface area contributed by atoms with Crippen molar-refractivity contribution >= 4 is 38.7 Å². The van der Waals surface area contributed by atoms with E-state index in [4.69, 9.17) is 4.74 Å². The van der Waals surface area contributed by atoms with E-state index in [2.05, 4.69) is 5.32 Å². The summed E-state index contributed by atoms with van der Waals surface area (Å²) in [7, 11) is -2.20. The summed E-state index contributed by atoms with van der Waals surface area (Å²) in [4.78, 5) is 25.0. The maximum Gasteiger partial charge on any atom is 0.265 e. The summed E-state index contributed by atoms with van der Waals surface area (Å²) in [5, 5.41) is 2.71. The van der Waals surface area contributed by atoms with E-state index in [0.29, 0.717) is 28.6 Å². The summed E-state index contributed by atoms with van der Waals surface area (Å²) >= 11 is 1.09. The lowest BCUT2D eigenvalue weighted by Crippen LogP contribution is -2.32. The van der Waals surface area contributed by atoms with Crippen molar-refractivity contribution in [1.29, 1.82) is 0 Å². The van der Waals surface area contributed by atoms with Crippen LogP contribution in [0.5, 0.6) is 5.75 Å². The van der Waals surface area contributed by atoms with Crippen molar-refractivity contribution < 1.29 is 22.7 Å². The fraction of sp³-hybridized carbons (Fsp3) is 0.400. The zero-order chi connectivity index (χ0) is 21.0. The molecule has 1 aliphatic heterocycles. The minimum absolute atomic E-state index is 0.114. The normalized spacial score (nSPS) is 15.5. The Morgan fingerprint density at radius 3 is 2.28 bits per heavy atom. The van der Waals surface area contributed by atoms with Gasteiger partial charge in [-0.1, -0.05) is 12.8 Å². The van der Waals surface area contributed by atoms with Crippen molar-refractivity contribution in [2.75, 3.05) is 25.5 Å². The Morgan fingerprint density at radius 2 is 1.69 bits per heavy atom. The Kier molecular flexibility index (Phi) is 6.71. The van der Waals surface area contributed by atoms with Crippen molar-refractivity contribution in [2.45, 2.75) is 37.5 Å². The van der Waals surface area contributed by atoms with E-state index < -0.39 is 15.9 Å². The number of rotatable bonds is 6. The molecule has 1 aliphatic rings. The van der Waals surface area contributed by atoms with E-state index in [1.807, 2.05) is 0 Å². The Morgan fingerprint density at radius 1 is 1.03 bits per heavy atom.